The van der Waals surface area contributed by atoms with Gasteiger partial charge in [-0.05, 0) is 11.6 Å². The number of nitrogens with two attached hydrogens (primary N) is 1. The van der Waals surface area contributed by atoms with Gasteiger partial charge in [0.05, 0.1) is 5.02 Å². The van der Waals surface area contributed by atoms with Gasteiger partial charge in [0, 0.05) is 36.8 Å². The molecule has 0 aliphatic carbocycles. The van der Waals surface area contributed by atoms with Gasteiger partial charge in [-0.15, -0.1) is 0 Å². The van der Waals surface area contributed by atoms with Crippen LogP contribution in [0.5, 0.6) is 0 Å². The number of anilines is 1. The largest absolute Gasteiger partial charge is 0.353 e. The number of rotatable bonds is 2. The average molecular weight is 258 g/mol. The van der Waals surface area contributed by atoms with Crippen LogP contribution in [0.15, 0.2) is 12.3 Å². The van der Waals surface area contributed by atoms with Crippen molar-refractivity contribution in [2.75, 3.05) is 23.7 Å². The van der Waals surface area contributed by atoms with Crippen LogP contribution >= 0.6 is 23.4 Å². The second-order valence-electron chi connectivity index (χ2n) is 3.98. The number of thioether (sulfide) groups is 1. The van der Waals surface area contributed by atoms with E-state index in [1.165, 1.54) is 0 Å². The first-order valence-electron chi connectivity index (χ1n) is 5.41. The monoisotopic (exact) mass is 257 g/mol. The number of halogens is 1. The summed E-state index contributed by atoms with van der Waals surface area (Å²) in [5, 5.41) is 1.35. The van der Waals surface area contributed by atoms with Gasteiger partial charge in [-0.25, -0.2) is 4.98 Å². The van der Waals surface area contributed by atoms with Crippen LogP contribution in [0.4, 0.5) is 5.82 Å². The molecular weight excluding hydrogens is 242 g/mol. The maximum Gasteiger partial charge on any atom is 0.147 e. The standard InChI is InChI=1S/C11H16ClN3S/c1-8-7-15(2-3-16-8)11-10(12)4-9(5-13)6-14-11/h4,6,8H,2-3,5,7,13H2,1H3. The molecule has 2 heterocycles. The van der Waals surface area contributed by atoms with E-state index in [1.54, 1.807) is 0 Å². The summed E-state index contributed by atoms with van der Waals surface area (Å²) >= 11 is 8.22. The van der Waals surface area contributed by atoms with Crippen LogP contribution in [0, 0.1) is 0 Å². The van der Waals surface area contributed by atoms with Gasteiger partial charge < -0.3 is 10.6 Å². The summed E-state index contributed by atoms with van der Waals surface area (Å²) in [5.74, 6) is 2.03. The Bertz CT molecular complexity index is 372. The van der Waals surface area contributed by atoms with Crippen molar-refractivity contribution < 1.29 is 0 Å². The Kier molecular flexibility index (Phi) is 3.95. The topological polar surface area (TPSA) is 42.2 Å². The van der Waals surface area contributed by atoms with Gasteiger partial charge in [-0.3, -0.25) is 0 Å². The Hall–Kier alpha value is -0.450. The average Bonchev–Trinajstić information content (AvgIpc) is 2.28. The minimum Gasteiger partial charge on any atom is -0.353 e. The normalized spacial score (nSPS) is 21.2. The van der Waals surface area contributed by atoms with Crippen molar-refractivity contribution in [2.45, 2.75) is 18.7 Å². The van der Waals surface area contributed by atoms with Crippen molar-refractivity contribution >= 4 is 29.2 Å². The molecule has 0 aromatic carbocycles. The van der Waals surface area contributed by atoms with Crippen LogP contribution in [0.2, 0.25) is 5.02 Å². The molecule has 1 aromatic heterocycles. The lowest BCUT2D eigenvalue weighted by molar-refractivity contribution is 0.769. The van der Waals surface area contributed by atoms with E-state index in [2.05, 4.69) is 16.8 Å². The van der Waals surface area contributed by atoms with Gasteiger partial charge in [0.15, 0.2) is 0 Å². The third-order valence-corrected chi connectivity index (χ3v) is 4.07. The molecule has 1 aromatic rings. The molecule has 5 heteroatoms. The highest BCUT2D eigenvalue weighted by atomic mass is 35.5. The minimum atomic E-state index is 0.485. The van der Waals surface area contributed by atoms with Crippen LogP contribution < -0.4 is 10.6 Å². The molecule has 1 saturated heterocycles. The lowest BCUT2D eigenvalue weighted by Crippen LogP contribution is -2.37. The maximum atomic E-state index is 6.22. The summed E-state index contributed by atoms with van der Waals surface area (Å²) in [6.45, 7) is 4.75. The quantitative estimate of drug-likeness (QED) is 0.882. The van der Waals surface area contributed by atoms with E-state index in [-0.39, 0.29) is 0 Å². The van der Waals surface area contributed by atoms with E-state index in [0.717, 1.165) is 30.2 Å². The third-order valence-electron chi connectivity index (χ3n) is 2.65. The molecule has 16 heavy (non-hydrogen) atoms. The van der Waals surface area contributed by atoms with Crippen LogP contribution in [0.25, 0.3) is 0 Å². The Morgan fingerprint density at radius 2 is 2.50 bits per heavy atom. The van der Waals surface area contributed by atoms with Crippen molar-refractivity contribution in [1.82, 2.24) is 4.98 Å². The van der Waals surface area contributed by atoms with E-state index in [9.17, 15) is 0 Å². The summed E-state index contributed by atoms with van der Waals surface area (Å²) in [6, 6.07) is 1.91. The number of nitrogens with zero attached hydrogens (tertiary/aromatic N) is 2. The van der Waals surface area contributed by atoms with Crippen LogP contribution in [0.1, 0.15) is 12.5 Å². The molecule has 1 atom stereocenters. The summed E-state index contributed by atoms with van der Waals surface area (Å²) in [7, 11) is 0. The molecule has 1 fully saturated rings. The highest BCUT2D eigenvalue weighted by Crippen LogP contribution is 2.28. The van der Waals surface area contributed by atoms with Gasteiger partial charge in [-0.1, -0.05) is 18.5 Å². The molecule has 0 radical (unpaired) electrons. The molecule has 2 N–H and O–H groups in total. The molecule has 3 nitrogen and oxygen atoms in total. The summed E-state index contributed by atoms with van der Waals surface area (Å²) in [4.78, 5) is 6.67. The fourth-order valence-electron chi connectivity index (χ4n) is 1.83. The summed E-state index contributed by atoms with van der Waals surface area (Å²) in [6.07, 6.45) is 1.81. The van der Waals surface area contributed by atoms with Gasteiger partial charge in [-0.2, -0.15) is 11.8 Å². The number of hydrogen-bond acceptors (Lipinski definition) is 4. The molecule has 1 unspecified atom stereocenters. The van der Waals surface area contributed by atoms with Crippen LogP contribution in [0.3, 0.4) is 0 Å². The first kappa shape index (κ1) is 12.0. The van der Waals surface area contributed by atoms with Crippen molar-refractivity contribution in [3.05, 3.63) is 22.8 Å². The van der Waals surface area contributed by atoms with Crippen LogP contribution in [-0.2, 0) is 6.54 Å². The molecule has 2 rings (SSSR count). The Morgan fingerprint density at radius 1 is 1.69 bits per heavy atom. The minimum absolute atomic E-state index is 0.485. The predicted octanol–water partition coefficient (Wildman–Crippen LogP) is 2.14. The van der Waals surface area contributed by atoms with Crippen molar-refractivity contribution in [2.24, 2.45) is 5.73 Å². The summed E-state index contributed by atoms with van der Waals surface area (Å²) < 4.78 is 0. The Morgan fingerprint density at radius 3 is 3.12 bits per heavy atom. The molecule has 0 saturated carbocycles. The second kappa shape index (κ2) is 5.25. The summed E-state index contributed by atoms with van der Waals surface area (Å²) in [5.41, 5.74) is 6.53. The highest BCUT2D eigenvalue weighted by molar-refractivity contribution is 8.00. The maximum absolute atomic E-state index is 6.22. The number of pyridine rings is 1. The smallest absolute Gasteiger partial charge is 0.147 e. The van der Waals surface area contributed by atoms with Crippen LogP contribution in [-0.4, -0.2) is 29.1 Å². The van der Waals surface area contributed by atoms with Crippen molar-refractivity contribution in [3.8, 4) is 0 Å². The zero-order valence-corrected chi connectivity index (χ0v) is 10.9. The van der Waals surface area contributed by atoms with Crippen molar-refractivity contribution in [1.29, 1.82) is 0 Å². The lowest BCUT2D eigenvalue weighted by atomic mass is 10.2. The van der Waals surface area contributed by atoms with Gasteiger partial charge in [0.25, 0.3) is 0 Å². The van der Waals surface area contributed by atoms with E-state index in [4.69, 9.17) is 17.3 Å². The lowest BCUT2D eigenvalue weighted by Gasteiger charge is -2.32. The number of hydrogen-bond donors (Lipinski definition) is 1. The zero-order valence-electron chi connectivity index (χ0n) is 9.32. The molecular formula is C11H16ClN3S. The van der Waals surface area contributed by atoms with Gasteiger partial charge >= 0.3 is 0 Å². The van der Waals surface area contributed by atoms with E-state index < -0.39 is 0 Å². The fourth-order valence-corrected chi connectivity index (χ4v) is 3.15. The third kappa shape index (κ3) is 2.62. The molecule has 1 aliphatic rings. The fraction of sp³-hybridized carbons (Fsp3) is 0.545. The Balaban J connectivity index is 2.19. The van der Waals surface area contributed by atoms with E-state index in [1.807, 2.05) is 24.0 Å². The van der Waals surface area contributed by atoms with Gasteiger partial charge in [0.1, 0.15) is 5.82 Å². The molecule has 1 aliphatic heterocycles. The molecule has 0 bridgehead atoms. The molecule has 88 valence electrons. The van der Waals surface area contributed by atoms with E-state index in [0.29, 0.717) is 16.8 Å². The zero-order chi connectivity index (χ0) is 11.5. The molecule has 0 spiro atoms. The second-order valence-corrected chi connectivity index (χ2v) is 5.93. The highest BCUT2D eigenvalue weighted by Gasteiger charge is 2.19. The molecule has 0 amide bonds. The Labute approximate surface area is 105 Å². The SMILES string of the molecule is CC1CN(c2ncc(CN)cc2Cl)CCS1. The first-order valence-corrected chi connectivity index (χ1v) is 6.84. The van der Waals surface area contributed by atoms with Crippen molar-refractivity contribution in [3.63, 3.8) is 0 Å². The first-order chi connectivity index (χ1) is 7.70. The van der Waals surface area contributed by atoms with Gasteiger partial charge in [0.2, 0.25) is 0 Å². The number of aromatic nitrogens is 1. The predicted molar refractivity (Wildman–Crippen MR) is 71.3 cm³/mol. The van der Waals surface area contributed by atoms with E-state index >= 15 is 0 Å².